The molecule has 0 amide bonds. The van der Waals surface area contributed by atoms with E-state index in [0.717, 1.165) is 17.5 Å². The lowest BCUT2D eigenvalue weighted by Gasteiger charge is -2.06. The van der Waals surface area contributed by atoms with Crippen molar-refractivity contribution in [2.75, 3.05) is 30.7 Å². The van der Waals surface area contributed by atoms with Crippen LogP contribution in [0.1, 0.15) is 5.56 Å². The van der Waals surface area contributed by atoms with Gasteiger partial charge in [0.2, 0.25) is 5.52 Å². The molecule has 0 aliphatic carbocycles. The Bertz CT molecular complexity index is 1330. The topological polar surface area (TPSA) is 140 Å². The van der Waals surface area contributed by atoms with E-state index >= 15 is 0 Å². The van der Waals surface area contributed by atoms with Gasteiger partial charge in [-0.3, -0.25) is 18.9 Å². The summed E-state index contributed by atoms with van der Waals surface area (Å²) in [5, 5.41) is 6.57. The van der Waals surface area contributed by atoms with E-state index in [1.54, 1.807) is 11.4 Å². The molecule has 4 rings (SSSR count). The Morgan fingerprint density at radius 1 is 1.06 bits per heavy atom. The van der Waals surface area contributed by atoms with E-state index in [4.69, 9.17) is 5.73 Å². The number of nitrogens with two attached hydrogens (primary N) is 1. The third kappa shape index (κ3) is 4.23. The number of nitrogens with zero attached hydrogens (tertiary/aromatic N) is 5. The zero-order valence-electron chi connectivity index (χ0n) is 17.2. The van der Waals surface area contributed by atoms with Gasteiger partial charge in [-0.25, -0.2) is 4.79 Å². The summed E-state index contributed by atoms with van der Waals surface area (Å²) >= 11 is 0. The van der Waals surface area contributed by atoms with Gasteiger partial charge in [0.15, 0.2) is 5.65 Å². The highest BCUT2D eigenvalue weighted by Crippen LogP contribution is 2.08. The third-order valence-corrected chi connectivity index (χ3v) is 4.98. The summed E-state index contributed by atoms with van der Waals surface area (Å²) in [7, 11) is 3.02. The second-order valence-electron chi connectivity index (χ2n) is 7.00. The van der Waals surface area contributed by atoms with Crippen LogP contribution in [-0.4, -0.2) is 43.7 Å². The molecule has 4 aromatic rings. The van der Waals surface area contributed by atoms with Crippen molar-refractivity contribution in [2.24, 2.45) is 14.1 Å². The van der Waals surface area contributed by atoms with Crippen LogP contribution in [0.15, 0.2) is 39.9 Å². The first kappa shape index (κ1) is 22.2. The Morgan fingerprint density at radius 2 is 1.81 bits per heavy atom. The molecule has 0 bridgehead atoms. The lowest BCUT2D eigenvalue weighted by molar-refractivity contribution is -0.471. The van der Waals surface area contributed by atoms with E-state index in [0.29, 0.717) is 30.5 Å². The van der Waals surface area contributed by atoms with Gasteiger partial charge in [-0.15, -0.1) is 0 Å². The van der Waals surface area contributed by atoms with Crippen molar-refractivity contribution in [3.05, 3.63) is 56.7 Å². The minimum Gasteiger partial charge on any atom is -1.00 e. The monoisotopic (exact) mass is 445 g/mol. The fourth-order valence-corrected chi connectivity index (χ4v) is 3.40. The predicted octanol–water partition coefficient (Wildman–Crippen LogP) is -4.08. The lowest BCUT2D eigenvalue weighted by Crippen LogP contribution is -3.00. The van der Waals surface area contributed by atoms with Gasteiger partial charge in [0, 0.05) is 20.6 Å². The number of fused-ring (bicyclic) bond motifs is 3. The fourth-order valence-electron chi connectivity index (χ4n) is 3.40. The predicted molar refractivity (Wildman–Crippen MR) is 113 cm³/mol. The molecule has 0 fully saturated rings. The van der Waals surface area contributed by atoms with Crippen LogP contribution in [0.3, 0.4) is 0 Å². The standard InChI is InChI=1S/C19H23N9O2.ClH/c1-26-14-13(15(29)27(2)19(26)30)28-17(24-16(20)25-18(28)23-14)22-11-10-21-9-8-12-6-4-3-5-7-12;/h3-7,21H,8-11H2,1-2H3,(H3,20,22,23,24,25,29);1H. The normalized spacial score (nSPS) is 11.0. The summed E-state index contributed by atoms with van der Waals surface area (Å²) in [6.45, 7) is 2.10. The number of hydrogen-bond donors (Lipinski definition) is 4. The van der Waals surface area contributed by atoms with E-state index in [1.165, 1.54) is 17.2 Å². The molecule has 11 nitrogen and oxygen atoms in total. The molecular weight excluding hydrogens is 422 g/mol. The number of imidazole rings is 1. The molecule has 0 saturated heterocycles. The summed E-state index contributed by atoms with van der Waals surface area (Å²) in [6, 6.07) is 10.3. The quantitative estimate of drug-likeness (QED) is 0.167. The molecule has 0 aliphatic heterocycles. The molecule has 3 aromatic heterocycles. The van der Waals surface area contributed by atoms with Crippen LogP contribution >= 0.6 is 0 Å². The van der Waals surface area contributed by atoms with Crippen LogP contribution in [0.5, 0.6) is 0 Å². The Morgan fingerprint density at radius 3 is 2.55 bits per heavy atom. The third-order valence-electron chi connectivity index (χ3n) is 4.98. The van der Waals surface area contributed by atoms with Crippen molar-refractivity contribution < 1.29 is 16.8 Å². The molecule has 164 valence electrons. The van der Waals surface area contributed by atoms with Gasteiger partial charge in [-0.05, 0) is 18.5 Å². The van der Waals surface area contributed by atoms with Gasteiger partial charge in [0.05, 0.1) is 6.54 Å². The number of anilines is 2. The fraction of sp³-hybridized carbons (Fsp3) is 0.316. The maximum Gasteiger partial charge on any atom is 0.336 e. The molecule has 5 N–H and O–H groups in total. The minimum absolute atomic E-state index is 0. The smallest absolute Gasteiger partial charge is 0.336 e. The number of nitrogens with one attached hydrogen (secondary N) is 3. The molecule has 0 spiro atoms. The number of aromatic amines is 1. The van der Waals surface area contributed by atoms with Crippen molar-refractivity contribution >= 4 is 28.8 Å². The highest BCUT2D eigenvalue weighted by molar-refractivity contribution is 5.69. The van der Waals surface area contributed by atoms with Crippen LogP contribution in [0.25, 0.3) is 16.9 Å². The minimum atomic E-state index is -0.443. The second-order valence-corrected chi connectivity index (χ2v) is 7.00. The van der Waals surface area contributed by atoms with E-state index in [1.807, 2.05) is 18.2 Å². The average molecular weight is 446 g/mol. The summed E-state index contributed by atoms with van der Waals surface area (Å²) < 4.78 is 3.96. The highest BCUT2D eigenvalue weighted by atomic mass is 35.5. The van der Waals surface area contributed by atoms with Crippen molar-refractivity contribution in [2.45, 2.75) is 6.42 Å². The number of nitrogen functional groups attached to an aromatic ring is 1. The second kappa shape index (κ2) is 9.14. The first-order chi connectivity index (χ1) is 14.5. The summed E-state index contributed by atoms with van der Waals surface area (Å²) in [4.78, 5) is 36.4. The zero-order chi connectivity index (χ0) is 21.3. The molecule has 31 heavy (non-hydrogen) atoms. The summed E-state index contributed by atoms with van der Waals surface area (Å²) in [5.74, 6) is 0.766. The number of benzene rings is 1. The van der Waals surface area contributed by atoms with Gasteiger partial charge < -0.3 is 28.8 Å². The van der Waals surface area contributed by atoms with Gasteiger partial charge in [0.1, 0.15) is 0 Å². The molecule has 0 radical (unpaired) electrons. The van der Waals surface area contributed by atoms with Gasteiger partial charge in [0.25, 0.3) is 5.56 Å². The number of H-pyrrole nitrogens is 1. The molecule has 1 aromatic carbocycles. The first-order valence-electron chi connectivity index (χ1n) is 9.63. The zero-order valence-corrected chi connectivity index (χ0v) is 18.0. The van der Waals surface area contributed by atoms with Crippen LogP contribution in [-0.2, 0) is 20.5 Å². The number of hydrogen-bond acceptors (Lipinski definition) is 7. The number of aromatic nitrogens is 6. The highest BCUT2D eigenvalue weighted by Gasteiger charge is 2.23. The summed E-state index contributed by atoms with van der Waals surface area (Å²) in [6.07, 6.45) is 0.937. The van der Waals surface area contributed by atoms with Crippen molar-refractivity contribution in [1.29, 1.82) is 0 Å². The Hall–Kier alpha value is -3.44. The van der Waals surface area contributed by atoms with E-state index < -0.39 is 11.2 Å². The van der Waals surface area contributed by atoms with E-state index in [9.17, 15) is 9.59 Å². The maximum absolute atomic E-state index is 12.7. The number of aryl methyl sites for hydroxylation is 1. The van der Waals surface area contributed by atoms with Crippen LogP contribution in [0.4, 0.5) is 11.9 Å². The molecule has 3 heterocycles. The van der Waals surface area contributed by atoms with Crippen molar-refractivity contribution in [1.82, 2.24) is 29.4 Å². The number of halogens is 1. The largest absolute Gasteiger partial charge is 1.00 e. The molecule has 0 aliphatic rings. The number of rotatable bonds is 7. The molecule has 12 heteroatoms. The van der Waals surface area contributed by atoms with Gasteiger partial charge in [-0.1, -0.05) is 40.3 Å². The Balaban J connectivity index is 0.00000272. The molecule has 0 unspecified atom stereocenters. The molecule has 0 saturated carbocycles. The molecular formula is C19H24ClN9O2. The van der Waals surface area contributed by atoms with Crippen LogP contribution in [0.2, 0.25) is 0 Å². The van der Waals surface area contributed by atoms with Gasteiger partial charge in [-0.2, -0.15) is 4.40 Å². The van der Waals surface area contributed by atoms with Crippen LogP contribution < -0.4 is 44.4 Å². The molecule has 0 atom stereocenters. The Kier molecular flexibility index (Phi) is 6.56. The first-order valence-corrected chi connectivity index (χ1v) is 9.63. The maximum atomic E-state index is 12.7. The van der Waals surface area contributed by atoms with Gasteiger partial charge >= 0.3 is 23.4 Å². The lowest BCUT2D eigenvalue weighted by atomic mass is 10.1. The van der Waals surface area contributed by atoms with Crippen molar-refractivity contribution in [3.8, 4) is 0 Å². The van der Waals surface area contributed by atoms with E-state index in [-0.39, 0.29) is 23.9 Å². The SMILES string of the molecule is Cn1c(=O)c2c([nH]c3nc(N)nc(NCCNCCc4ccccc4)[n+]32)n(C)c1=O.[Cl-]. The Labute approximate surface area is 183 Å². The van der Waals surface area contributed by atoms with E-state index in [2.05, 4.69) is 37.7 Å². The average Bonchev–Trinajstić information content (AvgIpc) is 3.13. The summed E-state index contributed by atoms with van der Waals surface area (Å²) in [5.41, 5.74) is 6.86. The van der Waals surface area contributed by atoms with Crippen LogP contribution in [0, 0.1) is 0 Å². The van der Waals surface area contributed by atoms with Crippen molar-refractivity contribution in [3.63, 3.8) is 0 Å².